The highest BCUT2D eigenvalue weighted by atomic mass is 19.1. The van der Waals surface area contributed by atoms with E-state index >= 15 is 0 Å². The SMILES string of the molecule is O=c1c2nc(-c3ccc(F)cc3)oc2nc2n1CCCC2. The summed E-state index contributed by atoms with van der Waals surface area (Å²) < 4.78 is 20.2. The van der Waals surface area contributed by atoms with Gasteiger partial charge in [-0.15, -0.1) is 0 Å². The van der Waals surface area contributed by atoms with Crippen LogP contribution in [0, 0.1) is 5.82 Å². The summed E-state index contributed by atoms with van der Waals surface area (Å²) in [6.45, 7) is 0.676. The van der Waals surface area contributed by atoms with Crippen molar-refractivity contribution in [3.8, 4) is 11.5 Å². The van der Waals surface area contributed by atoms with E-state index in [1.165, 1.54) is 12.1 Å². The molecule has 0 fully saturated rings. The van der Waals surface area contributed by atoms with Gasteiger partial charge in [0.1, 0.15) is 11.6 Å². The number of hydrogen-bond acceptors (Lipinski definition) is 4. The number of fused-ring (bicyclic) bond motifs is 2. The van der Waals surface area contributed by atoms with Crippen LogP contribution >= 0.6 is 0 Å². The number of rotatable bonds is 1. The molecular weight excluding hydrogens is 273 g/mol. The van der Waals surface area contributed by atoms with Gasteiger partial charge < -0.3 is 4.42 Å². The Morgan fingerprint density at radius 2 is 1.95 bits per heavy atom. The van der Waals surface area contributed by atoms with Crippen LogP contribution in [0.1, 0.15) is 18.7 Å². The average molecular weight is 285 g/mol. The van der Waals surface area contributed by atoms with Gasteiger partial charge in [-0.25, -0.2) is 9.37 Å². The molecule has 21 heavy (non-hydrogen) atoms. The van der Waals surface area contributed by atoms with Crippen LogP contribution in [-0.4, -0.2) is 14.5 Å². The molecule has 106 valence electrons. The minimum absolute atomic E-state index is 0.160. The second-order valence-corrected chi connectivity index (χ2v) is 5.12. The highest BCUT2D eigenvalue weighted by Crippen LogP contribution is 2.23. The molecule has 0 bridgehead atoms. The normalized spacial score (nSPS) is 14.3. The average Bonchev–Trinajstić information content (AvgIpc) is 2.92. The summed E-state index contributed by atoms with van der Waals surface area (Å²) in [5, 5.41) is 0. The molecular formula is C15H12FN3O2. The smallest absolute Gasteiger partial charge is 0.283 e. The molecule has 0 amide bonds. The van der Waals surface area contributed by atoms with Gasteiger partial charge in [-0.05, 0) is 37.1 Å². The lowest BCUT2D eigenvalue weighted by molar-refractivity contribution is 0.494. The molecule has 0 aliphatic carbocycles. The minimum Gasteiger partial charge on any atom is -0.417 e. The Labute approximate surface area is 119 Å². The summed E-state index contributed by atoms with van der Waals surface area (Å²) in [7, 11) is 0. The summed E-state index contributed by atoms with van der Waals surface area (Å²) in [4.78, 5) is 21.0. The van der Waals surface area contributed by atoms with Crippen molar-refractivity contribution in [3.63, 3.8) is 0 Å². The molecule has 0 saturated heterocycles. The van der Waals surface area contributed by atoms with Gasteiger partial charge in [0, 0.05) is 18.5 Å². The van der Waals surface area contributed by atoms with E-state index in [4.69, 9.17) is 4.42 Å². The van der Waals surface area contributed by atoms with Crippen molar-refractivity contribution in [2.75, 3.05) is 0 Å². The second-order valence-electron chi connectivity index (χ2n) is 5.12. The van der Waals surface area contributed by atoms with Crippen LogP contribution in [0.4, 0.5) is 4.39 Å². The predicted molar refractivity (Wildman–Crippen MR) is 74.4 cm³/mol. The van der Waals surface area contributed by atoms with Gasteiger partial charge in [0.2, 0.25) is 5.89 Å². The highest BCUT2D eigenvalue weighted by Gasteiger charge is 2.19. The van der Waals surface area contributed by atoms with Gasteiger partial charge >= 0.3 is 0 Å². The first-order valence-electron chi connectivity index (χ1n) is 6.88. The van der Waals surface area contributed by atoms with Crippen molar-refractivity contribution >= 4 is 11.2 Å². The van der Waals surface area contributed by atoms with Crippen molar-refractivity contribution in [2.24, 2.45) is 0 Å². The van der Waals surface area contributed by atoms with E-state index in [0.29, 0.717) is 12.1 Å². The fraction of sp³-hybridized carbons (Fsp3) is 0.267. The predicted octanol–water partition coefficient (Wildman–Crippen LogP) is 2.53. The van der Waals surface area contributed by atoms with E-state index in [0.717, 1.165) is 25.1 Å². The molecule has 0 spiro atoms. The Morgan fingerprint density at radius 1 is 1.14 bits per heavy atom. The fourth-order valence-corrected chi connectivity index (χ4v) is 2.64. The topological polar surface area (TPSA) is 60.9 Å². The molecule has 3 aromatic rings. The molecule has 1 aromatic carbocycles. The quantitative estimate of drug-likeness (QED) is 0.689. The third-order valence-electron chi connectivity index (χ3n) is 3.72. The van der Waals surface area contributed by atoms with E-state index in [1.54, 1.807) is 16.7 Å². The Balaban J connectivity index is 1.92. The molecule has 0 saturated carbocycles. The molecule has 1 aliphatic heterocycles. The molecule has 1 aliphatic rings. The zero-order chi connectivity index (χ0) is 14.4. The van der Waals surface area contributed by atoms with Crippen LogP contribution in [0.25, 0.3) is 22.7 Å². The third kappa shape index (κ3) is 1.94. The van der Waals surface area contributed by atoms with E-state index in [1.807, 2.05) is 0 Å². The zero-order valence-electron chi connectivity index (χ0n) is 11.2. The molecule has 0 N–H and O–H groups in total. The number of oxazole rings is 1. The molecule has 4 rings (SSSR count). The molecule has 0 radical (unpaired) electrons. The first-order valence-corrected chi connectivity index (χ1v) is 6.88. The van der Waals surface area contributed by atoms with Gasteiger partial charge in [0.05, 0.1) is 0 Å². The van der Waals surface area contributed by atoms with Crippen LogP contribution in [0.2, 0.25) is 0 Å². The highest BCUT2D eigenvalue weighted by molar-refractivity contribution is 5.71. The zero-order valence-corrected chi connectivity index (χ0v) is 11.2. The van der Waals surface area contributed by atoms with Crippen molar-refractivity contribution in [1.29, 1.82) is 0 Å². The van der Waals surface area contributed by atoms with Crippen molar-refractivity contribution in [3.05, 3.63) is 46.3 Å². The Bertz CT molecular complexity index is 880. The van der Waals surface area contributed by atoms with Crippen LogP contribution < -0.4 is 5.56 Å². The summed E-state index contributed by atoms with van der Waals surface area (Å²) in [5.41, 5.74) is 0.955. The number of aryl methyl sites for hydroxylation is 1. The monoisotopic (exact) mass is 285 g/mol. The van der Waals surface area contributed by atoms with E-state index in [-0.39, 0.29) is 28.5 Å². The summed E-state index contributed by atoms with van der Waals surface area (Å²) in [6, 6.07) is 5.79. The van der Waals surface area contributed by atoms with E-state index in [2.05, 4.69) is 9.97 Å². The second kappa shape index (κ2) is 4.51. The lowest BCUT2D eigenvalue weighted by atomic mass is 10.1. The molecule has 0 unspecified atom stereocenters. The molecule has 5 nitrogen and oxygen atoms in total. The van der Waals surface area contributed by atoms with Gasteiger partial charge in [-0.2, -0.15) is 4.98 Å². The maximum Gasteiger partial charge on any atom is 0.283 e. The van der Waals surface area contributed by atoms with Gasteiger partial charge in [-0.3, -0.25) is 9.36 Å². The number of aromatic nitrogens is 3. The third-order valence-corrected chi connectivity index (χ3v) is 3.72. The van der Waals surface area contributed by atoms with Crippen LogP contribution in [-0.2, 0) is 13.0 Å². The number of hydrogen-bond donors (Lipinski definition) is 0. The van der Waals surface area contributed by atoms with Gasteiger partial charge in [-0.1, -0.05) is 0 Å². The van der Waals surface area contributed by atoms with Gasteiger partial charge in [0.25, 0.3) is 11.3 Å². The van der Waals surface area contributed by atoms with Crippen LogP contribution in [0.3, 0.4) is 0 Å². The largest absolute Gasteiger partial charge is 0.417 e. The first kappa shape index (κ1) is 12.3. The van der Waals surface area contributed by atoms with E-state index in [9.17, 15) is 9.18 Å². The summed E-state index contributed by atoms with van der Waals surface area (Å²) in [6.07, 6.45) is 2.78. The summed E-state index contributed by atoms with van der Waals surface area (Å²) in [5.74, 6) is 0.710. The van der Waals surface area contributed by atoms with Crippen molar-refractivity contribution in [2.45, 2.75) is 25.8 Å². The molecule has 2 aromatic heterocycles. The molecule has 0 atom stereocenters. The van der Waals surface area contributed by atoms with Crippen LogP contribution in [0.15, 0.2) is 33.5 Å². The minimum atomic E-state index is -0.330. The van der Waals surface area contributed by atoms with Crippen molar-refractivity contribution < 1.29 is 8.81 Å². The van der Waals surface area contributed by atoms with Gasteiger partial charge in [0.15, 0.2) is 5.52 Å². The molecule has 6 heteroatoms. The number of nitrogens with zero attached hydrogens (tertiary/aromatic N) is 3. The Kier molecular flexibility index (Phi) is 2.63. The number of benzene rings is 1. The van der Waals surface area contributed by atoms with E-state index < -0.39 is 0 Å². The van der Waals surface area contributed by atoms with Crippen molar-refractivity contribution in [1.82, 2.24) is 14.5 Å². The lowest BCUT2D eigenvalue weighted by Gasteiger charge is -2.15. The van der Waals surface area contributed by atoms with Crippen LogP contribution in [0.5, 0.6) is 0 Å². The Morgan fingerprint density at radius 3 is 2.76 bits per heavy atom. The maximum absolute atomic E-state index is 13.0. The number of halogens is 1. The maximum atomic E-state index is 13.0. The lowest BCUT2D eigenvalue weighted by Crippen LogP contribution is -2.28. The standard InChI is InChI=1S/C15H12FN3O2/c16-10-6-4-9(5-7-10)13-18-12-14(21-13)17-11-3-1-2-8-19(11)15(12)20/h4-7H,1-3,8H2. The Hall–Kier alpha value is -2.50. The summed E-state index contributed by atoms with van der Waals surface area (Å²) >= 11 is 0. The first-order chi connectivity index (χ1) is 10.2. The molecule has 3 heterocycles. The fourth-order valence-electron chi connectivity index (χ4n) is 2.64.